The number of aldehydes is 1. The fraction of sp³-hybridized carbons (Fsp3) is 0. The predicted molar refractivity (Wildman–Crippen MR) is 54.2 cm³/mol. The Morgan fingerprint density at radius 1 is 1.25 bits per heavy atom. The fourth-order valence-electron chi connectivity index (χ4n) is 1.10. The Labute approximate surface area is 90.2 Å². The number of aromatic nitrogens is 4. The number of hydrogen-bond donors (Lipinski definition) is 0. The van der Waals surface area contributed by atoms with Gasteiger partial charge in [0.1, 0.15) is 12.1 Å². The van der Waals surface area contributed by atoms with Gasteiger partial charge in [0.2, 0.25) is 0 Å². The molecule has 0 radical (unpaired) electrons. The van der Waals surface area contributed by atoms with Crippen LogP contribution in [0.3, 0.4) is 0 Å². The van der Waals surface area contributed by atoms with Crippen molar-refractivity contribution in [3.05, 3.63) is 42.0 Å². The Hall–Kier alpha value is -2.37. The third kappa shape index (κ3) is 2.17. The Morgan fingerprint density at radius 2 is 2.00 bits per heavy atom. The molecule has 5 nitrogen and oxygen atoms in total. The van der Waals surface area contributed by atoms with Gasteiger partial charge in [0.05, 0.1) is 5.69 Å². The minimum Gasteiger partial charge on any atom is -0.299 e. The van der Waals surface area contributed by atoms with E-state index in [1.165, 1.54) is 41.2 Å². The summed E-state index contributed by atoms with van der Waals surface area (Å²) in [7, 11) is 0. The van der Waals surface area contributed by atoms with Gasteiger partial charge >= 0.3 is 0 Å². The van der Waals surface area contributed by atoms with Gasteiger partial charge in [-0.05, 0) is 41.6 Å². The Kier molecular flexibility index (Phi) is 2.81. The number of hydrogen-bond acceptors (Lipinski definition) is 4. The third-order valence-electron chi connectivity index (χ3n) is 1.81. The summed E-state index contributed by atoms with van der Waals surface area (Å²) in [5, 5.41) is 11.4. The van der Waals surface area contributed by atoms with Crippen molar-refractivity contribution in [2.24, 2.45) is 0 Å². The normalized spacial score (nSPS) is 10.8. The van der Waals surface area contributed by atoms with E-state index in [4.69, 9.17) is 0 Å². The summed E-state index contributed by atoms with van der Waals surface area (Å²) in [5.74, 6) is -0.0126. The van der Waals surface area contributed by atoms with E-state index in [1.807, 2.05) is 0 Å². The molecular formula is C10H7FN4O. The van der Waals surface area contributed by atoms with Crippen LogP contribution in [0.4, 0.5) is 4.39 Å². The van der Waals surface area contributed by atoms with Gasteiger partial charge < -0.3 is 0 Å². The van der Waals surface area contributed by atoms with E-state index in [9.17, 15) is 9.18 Å². The highest BCUT2D eigenvalue weighted by Crippen LogP contribution is 2.06. The van der Waals surface area contributed by atoms with Crippen molar-refractivity contribution in [2.75, 3.05) is 0 Å². The van der Waals surface area contributed by atoms with Gasteiger partial charge in [-0.3, -0.25) is 4.79 Å². The minimum absolute atomic E-state index is 0.316. The Bertz CT molecular complexity index is 518. The van der Waals surface area contributed by atoms with Gasteiger partial charge in [0.25, 0.3) is 0 Å². The number of benzene rings is 1. The van der Waals surface area contributed by atoms with Crippen LogP contribution >= 0.6 is 0 Å². The summed E-state index contributed by atoms with van der Waals surface area (Å²) in [6.45, 7) is 0. The second kappa shape index (κ2) is 4.43. The van der Waals surface area contributed by atoms with Gasteiger partial charge in [-0.1, -0.05) is 0 Å². The van der Waals surface area contributed by atoms with E-state index in [0.29, 0.717) is 17.8 Å². The first-order valence-corrected chi connectivity index (χ1v) is 4.47. The maximum Gasteiger partial charge on any atom is 0.198 e. The van der Waals surface area contributed by atoms with E-state index < -0.39 is 0 Å². The molecule has 16 heavy (non-hydrogen) atoms. The second-order valence-electron chi connectivity index (χ2n) is 2.91. The first-order chi connectivity index (χ1) is 7.79. The summed E-state index contributed by atoms with van der Waals surface area (Å²) in [5.41, 5.74) is 0.597. The molecule has 0 N–H and O–H groups in total. The molecule has 2 aromatic rings. The molecule has 0 aliphatic carbocycles. The topological polar surface area (TPSA) is 60.7 Å². The van der Waals surface area contributed by atoms with E-state index >= 15 is 0 Å². The molecule has 1 aromatic heterocycles. The highest BCUT2D eigenvalue weighted by Gasteiger charge is 2.01. The summed E-state index contributed by atoms with van der Waals surface area (Å²) < 4.78 is 12.7. The molecule has 0 amide bonds. The molecule has 0 saturated carbocycles. The van der Waals surface area contributed by atoms with Crippen molar-refractivity contribution in [2.45, 2.75) is 0 Å². The van der Waals surface area contributed by atoms with E-state index in [-0.39, 0.29) is 5.82 Å². The molecule has 0 aliphatic rings. The fourth-order valence-corrected chi connectivity index (χ4v) is 1.10. The van der Waals surface area contributed by atoms with Crippen molar-refractivity contribution in [1.82, 2.24) is 20.2 Å². The molecule has 1 aromatic carbocycles. The number of carbonyl (C=O) groups excluding carboxylic acids is 1. The van der Waals surface area contributed by atoms with E-state index in [1.54, 1.807) is 0 Å². The lowest BCUT2D eigenvalue weighted by atomic mass is 10.3. The van der Waals surface area contributed by atoms with Crippen LogP contribution in [0.5, 0.6) is 0 Å². The number of tetrazole rings is 1. The molecule has 1 heterocycles. The lowest BCUT2D eigenvalue weighted by Gasteiger charge is -1.96. The number of carbonyl (C=O) groups is 1. The zero-order chi connectivity index (χ0) is 11.4. The predicted octanol–water partition coefficient (Wildman–Crippen LogP) is 1.01. The first kappa shape index (κ1) is 10.2. The zero-order valence-corrected chi connectivity index (χ0v) is 8.12. The average Bonchev–Trinajstić information content (AvgIpc) is 2.76. The quantitative estimate of drug-likeness (QED) is 0.570. The molecule has 0 spiro atoms. The van der Waals surface area contributed by atoms with Crippen LogP contribution in [0.2, 0.25) is 0 Å². The summed E-state index contributed by atoms with van der Waals surface area (Å²) >= 11 is 0. The molecule has 0 saturated heterocycles. The van der Waals surface area contributed by atoms with Crippen molar-refractivity contribution >= 4 is 12.4 Å². The summed E-state index contributed by atoms with van der Waals surface area (Å²) in [4.78, 5) is 11.3. The summed E-state index contributed by atoms with van der Waals surface area (Å²) in [6.07, 6.45) is 3.32. The molecule has 0 bridgehead atoms. The monoisotopic (exact) mass is 218 g/mol. The largest absolute Gasteiger partial charge is 0.299 e. The number of rotatable bonds is 3. The lowest BCUT2D eigenvalue weighted by molar-refractivity contribution is -0.104. The maximum atomic E-state index is 12.7. The molecule has 0 fully saturated rings. The van der Waals surface area contributed by atoms with Crippen LogP contribution in [0.1, 0.15) is 5.82 Å². The maximum absolute atomic E-state index is 12.7. The SMILES string of the molecule is O=C/C=C/c1nnn(-c2ccc(F)cc2)n1. The molecule has 0 aliphatic heterocycles. The molecule has 80 valence electrons. The van der Waals surface area contributed by atoms with Gasteiger partial charge in [-0.25, -0.2) is 4.39 Å². The van der Waals surface area contributed by atoms with E-state index in [0.717, 1.165) is 0 Å². The molecule has 0 atom stereocenters. The standard InChI is InChI=1S/C10H7FN4O/c11-8-3-5-9(6-4-8)15-13-10(12-14-15)2-1-7-16/h1-7H/b2-1+. The average molecular weight is 218 g/mol. The Morgan fingerprint density at radius 3 is 2.69 bits per heavy atom. The van der Waals surface area contributed by atoms with Gasteiger partial charge in [-0.2, -0.15) is 0 Å². The smallest absolute Gasteiger partial charge is 0.198 e. The van der Waals surface area contributed by atoms with Crippen LogP contribution in [0.25, 0.3) is 11.8 Å². The van der Waals surface area contributed by atoms with Crippen molar-refractivity contribution in [1.29, 1.82) is 0 Å². The van der Waals surface area contributed by atoms with Crippen molar-refractivity contribution < 1.29 is 9.18 Å². The van der Waals surface area contributed by atoms with Gasteiger partial charge in [0, 0.05) is 0 Å². The van der Waals surface area contributed by atoms with Crippen LogP contribution in [-0.4, -0.2) is 26.5 Å². The summed E-state index contributed by atoms with van der Waals surface area (Å²) in [6, 6.07) is 5.67. The molecular weight excluding hydrogens is 211 g/mol. The van der Waals surface area contributed by atoms with Crippen LogP contribution < -0.4 is 0 Å². The second-order valence-corrected chi connectivity index (χ2v) is 2.91. The van der Waals surface area contributed by atoms with Gasteiger partial charge in [-0.15, -0.1) is 15.0 Å². The molecule has 0 unspecified atom stereocenters. The number of nitrogens with zero attached hydrogens (tertiary/aromatic N) is 4. The van der Waals surface area contributed by atoms with Gasteiger partial charge in [0.15, 0.2) is 5.82 Å². The van der Waals surface area contributed by atoms with Crippen molar-refractivity contribution in [3.63, 3.8) is 0 Å². The first-order valence-electron chi connectivity index (χ1n) is 4.47. The van der Waals surface area contributed by atoms with Crippen LogP contribution in [0, 0.1) is 5.82 Å². The zero-order valence-electron chi connectivity index (χ0n) is 8.12. The molecule has 6 heteroatoms. The molecule has 2 rings (SSSR count). The lowest BCUT2D eigenvalue weighted by Crippen LogP contribution is -1.98. The minimum atomic E-state index is -0.329. The van der Waals surface area contributed by atoms with E-state index in [2.05, 4.69) is 15.4 Å². The highest BCUT2D eigenvalue weighted by atomic mass is 19.1. The third-order valence-corrected chi connectivity index (χ3v) is 1.81. The Balaban J connectivity index is 2.27. The van der Waals surface area contributed by atoms with Crippen LogP contribution in [-0.2, 0) is 4.79 Å². The number of allylic oxidation sites excluding steroid dienone is 1. The highest BCUT2D eigenvalue weighted by molar-refractivity contribution is 5.72. The van der Waals surface area contributed by atoms with Crippen LogP contribution in [0.15, 0.2) is 30.3 Å². The number of halogens is 1. The van der Waals surface area contributed by atoms with Crippen molar-refractivity contribution in [3.8, 4) is 5.69 Å².